The van der Waals surface area contributed by atoms with Crippen LogP contribution >= 0.6 is 0 Å². The van der Waals surface area contributed by atoms with Gasteiger partial charge in [-0.3, -0.25) is 9.20 Å². The first kappa shape index (κ1) is 13.3. The lowest BCUT2D eigenvalue weighted by Gasteiger charge is -2.20. The molecule has 106 valence electrons. The van der Waals surface area contributed by atoms with Crippen LogP contribution < -0.4 is 0 Å². The van der Waals surface area contributed by atoms with Crippen LogP contribution in [0.1, 0.15) is 61.6 Å². The highest BCUT2D eigenvalue weighted by molar-refractivity contribution is 5.99. The third-order valence-electron chi connectivity index (χ3n) is 4.39. The van der Waals surface area contributed by atoms with Gasteiger partial charge < -0.3 is 0 Å². The van der Waals surface area contributed by atoms with Crippen molar-refractivity contribution in [3.05, 3.63) is 29.7 Å². The number of ketones is 1. The molecule has 0 radical (unpaired) electrons. The van der Waals surface area contributed by atoms with Crippen LogP contribution in [0.3, 0.4) is 0 Å². The third kappa shape index (κ3) is 2.60. The van der Waals surface area contributed by atoms with Crippen LogP contribution in [-0.2, 0) is 6.42 Å². The van der Waals surface area contributed by atoms with Crippen LogP contribution in [0.2, 0.25) is 0 Å². The first-order valence-corrected chi connectivity index (χ1v) is 7.59. The molecular weight excluding hydrogens is 250 g/mol. The average Bonchev–Trinajstić information content (AvgIpc) is 2.89. The standard InChI is InChI=1S/C16H21N3O/c1-12(20)14-8-5-11-19-15(17-18-16(14)19)10-9-13-6-3-2-4-7-13/h5,8,11,13H,2-4,6-7,9-10H2,1H3. The van der Waals surface area contributed by atoms with E-state index in [1.165, 1.54) is 38.5 Å². The first-order chi connectivity index (χ1) is 9.75. The van der Waals surface area contributed by atoms with E-state index in [0.717, 1.165) is 18.2 Å². The van der Waals surface area contributed by atoms with Gasteiger partial charge in [0.05, 0.1) is 5.56 Å². The quantitative estimate of drug-likeness (QED) is 0.800. The van der Waals surface area contributed by atoms with Crippen molar-refractivity contribution in [3.63, 3.8) is 0 Å². The van der Waals surface area contributed by atoms with E-state index in [1.807, 2.05) is 22.7 Å². The van der Waals surface area contributed by atoms with Crippen molar-refractivity contribution in [1.82, 2.24) is 14.6 Å². The summed E-state index contributed by atoms with van der Waals surface area (Å²) in [5, 5.41) is 8.48. The van der Waals surface area contributed by atoms with Crippen LogP contribution in [0.5, 0.6) is 0 Å². The Morgan fingerprint density at radius 2 is 2.10 bits per heavy atom. The summed E-state index contributed by atoms with van der Waals surface area (Å²) in [5.41, 5.74) is 1.35. The van der Waals surface area contributed by atoms with Crippen LogP contribution in [0.4, 0.5) is 0 Å². The van der Waals surface area contributed by atoms with E-state index in [4.69, 9.17) is 0 Å². The maximum atomic E-state index is 11.6. The van der Waals surface area contributed by atoms with Gasteiger partial charge in [-0.15, -0.1) is 10.2 Å². The Morgan fingerprint density at radius 3 is 2.85 bits per heavy atom. The van der Waals surface area contributed by atoms with Crippen molar-refractivity contribution in [2.75, 3.05) is 0 Å². The number of hydrogen-bond donors (Lipinski definition) is 0. The Kier molecular flexibility index (Phi) is 3.81. The second kappa shape index (κ2) is 5.73. The zero-order valence-corrected chi connectivity index (χ0v) is 12.0. The van der Waals surface area contributed by atoms with E-state index in [1.54, 1.807) is 6.92 Å². The Morgan fingerprint density at radius 1 is 1.30 bits per heavy atom. The van der Waals surface area contributed by atoms with Gasteiger partial charge in [0.2, 0.25) is 0 Å². The molecule has 2 aromatic heterocycles. The number of aryl methyl sites for hydroxylation is 1. The highest BCUT2D eigenvalue weighted by Crippen LogP contribution is 2.27. The van der Waals surface area contributed by atoms with Crippen LogP contribution in [0.15, 0.2) is 18.3 Å². The van der Waals surface area contributed by atoms with E-state index >= 15 is 0 Å². The number of rotatable bonds is 4. The molecule has 1 fully saturated rings. The minimum absolute atomic E-state index is 0.0434. The van der Waals surface area contributed by atoms with Gasteiger partial charge in [0, 0.05) is 12.6 Å². The number of carbonyl (C=O) groups excluding carboxylic acids is 1. The molecule has 0 aliphatic heterocycles. The van der Waals surface area contributed by atoms with E-state index in [0.29, 0.717) is 11.2 Å². The fourth-order valence-electron chi connectivity index (χ4n) is 3.22. The van der Waals surface area contributed by atoms with Crippen molar-refractivity contribution in [2.24, 2.45) is 5.92 Å². The van der Waals surface area contributed by atoms with Crippen molar-refractivity contribution >= 4 is 11.4 Å². The van der Waals surface area contributed by atoms with Gasteiger partial charge in [-0.2, -0.15) is 0 Å². The number of fused-ring (bicyclic) bond motifs is 1. The molecule has 0 saturated heterocycles. The lowest BCUT2D eigenvalue weighted by Crippen LogP contribution is -2.08. The number of carbonyl (C=O) groups is 1. The fourth-order valence-corrected chi connectivity index (χ4v) is 3.22. The summed E-state index contributed by atoms with van der Waals surface area (Å²) in [6.07, 6.45) is 11.0. The highest BCUT2D eigenvalue weighted by atomic mass is 16.1. The Labute approximate surface area is 119 Å². The lowest BCUT2D eigenvalue weighted by atomic mass is 9.86. The summed E-state index contributed by atoms with van der Waals surface area (Å²) in [6, 6.07) is 3.72. The monoisotopic (exact) mass is 271 g/mol. The first-order valence-electron chi connectivity index (χ1n) is 7.59. The predicted molar refractivity (Wildman–Crippen MR) is 77.9 cm³/mol. The molecule has 0 spiro atoms. The van der Waals surface area contributed by atoms with Crippen LogP contribution in [0, 0.1) is 5.92 Å². The normalized spacial score (nSPS) is 16.6. The Hall–Kier alpha value is -1.71. The smallest absolute Gasteiger partial charge is 0.171 e. The number of hydrogen-bond acceptors (Lipinski definition) is 3. The molecule has 0 amide bonds. The molecule has 0 unspecified atom stereocenters. The second-order valence-electron chi connectivity index (χ2n) is 5.83. The summed E-state index contributed by atoms with van der Waals surface area (Å²) in [6.45, 7) is 1.58. The molecule has 3 rings (SSSR count). The molecule has 0 aromatic carbocycles. The average molecular weight is 271 g/mol. The van der Waals surface area contributed by atoms with E-state index in [9.17, 15) is 4.79 Å². The van der Waals surface area contributed by atoms with Gasteiger partial charge >= 0.3 is 0 Å². The van der Waals surface area contributed by atoms with E-state index in [2.05, 4.69) is 10.2 Å². The number of Topliss-reactive ketones (excluding diaryl/α,β-unsaturated/α-hetero) is 1. The van der Waals surface area contributed by atoms with Crippen LogP contribution in [-0.4, -0.2) is 20.4 Å². The maximum Gasteiger partial charge on any atom is 0.171 e. The predicted octanol–water partition coefficient (Wildman–Crippen LogP) is 3.44. The minimum atomic E-state index is 0.0434. The number of pyridine rings is 1. The van der Waals surface area contributed by atoms with Gasteiger partial charge in [0.15, 0.2) is 11.4 Å². The zero-order chi connectivity index (χ0) is 13.9. The van der Waals surface area contributed by atoms with Gasteiger partial charge in [0.25, 0.3) is 0 Å². The highest BCUT2D eigenvalue weighted by Gasteiger charge is 2.16. The molecule has 0 atom stereocenters. The summed E-state index contributed by atoms with van der Waals surface area (Å²) < 4.78 is 1.97. The molecule has 4 heteroatoms. The van der Waals surface area contributed by atoms with E-state index in [-0.39, 0.29) is 5.78 Å². The van der Waals surface area contributed by atoms with Gasteiger partial charge in [-0.1, -0.05) is 32.1 Å². The number of nitrogens with zero attached hydrogens (tertiary/aromatic N) is 3. The molecule has 20 heavy (non-hydrogen) atoms. The van der Waals surface area contributed by atoms with Gasteiger partial charge in [-0.05, 0) is 31.4 Å². The summed E-state index contributed by atoms with van der Waals surface area (Å²) in [4.78, 5) is 11.6. The maximum absolute atomic E-state index is 11.6. The molecule has 2 heterocycles. The molecule has 2 aromatic rings. The summed E-state index contributed by atoms with van der Waals surface area (Å²) in [7, 11) is 0. The Bertz CT molecular complexity index is 611. The molecule has 1 aliphatic rings. The largest absolute Gasteiger partial charge is 0.294 e. The fraction of sp³-hybridized carbons (Fsp3) is 0.562. The van der Waals surface area contributed by atoms with Gasteiger partial charge in [0.1, 0.15) is 5.82 Å². The molecule has 1 aliphatic carbocycles. The topological polar surface area (TPSA) is 47.3 Å². The van der Waals surface area contributed by atoms with Crippen LogP contribution in [0.25, 0.3) is 5.65 Å². The van der Waals surface area contributed by atoms with E-state index < -0.39 is 0 Å². The van der Waals surface area contributed by atoms with Gasteiger partial charge in [-0.25, -0.2) is 0 Å². The third-order valence-corrected chi connectivity index (χ3v) is 4.39. The van der Waals surface area contributed by atoms with Crippen molar-refractivity contribution < 1.29 is 4.79 Å². The van der Waals surface area contributed by atoms with Crippen molar-refractivity contribution in [3.8, 4) is 0 Å². The zero-order valence-electron chi connectivity index (χ0n) is 12.0. The van der Waals surface area contributed by atoms with Crippen molar-refractivity contribution in [2.45, 2.75) is 51.9 Å². The molecule has 0 bridgehead atoms. The minimum Gasteiger partial charge on any atom is -0.294 e. The lowest BCUT2D eigenvalue weighted by molar-refractivity contribution is 0.101. The number of aromatic nitrogens is 3. The molecule has 1 saturated carbocycles. The second-order valence-corrected chi connectivity index (χ2v) is 5.83. The SMILES string of the molecule is CC(=O)c1cccn2c(CCC3CCCCC3)nnc12. The summed E-state index contributed by atoms with van der Waals surface area (Å²) in [5.74, 6) is 1.86. The molecular formula is C16H21N3O. The molecule has 4 nitrogen and oxygen atoms in total. The van der Waals surface area contributed by atoms with Crippen molar-refractivity contribution in [1.29, 1.82) is 0 Å². The Balaban J connectivity index is 1.78. The molecule has 0 N–H and O–H groups in total. The summed E-state index contributed by atoms with van der Waals surface area (Å²) >= 11 is 0.